The lowest BCUT2D eigenvalue weighted by Crippen LogP contribution is -1.85. The highest BCUT2D eigenvalue weighted by Crippen LogP contribution is 2.12. The normalized spacial score (nSPS) is 13.3. The van der Waals surface area contributed by atoms with Crippen LogP contribution in [0.2, 0.25) is 4.78 Å². The van der Waals surface area contributed by atoms with Gasteiger partial charge in [-0.05, 0) is 0 Å². The Balaban J connectivity index is 2.80. The number of rotatable bonds is 7. The fourth-order valence-electron chi connectivity index (χ4n) is 1.25. The van der Waals surface area contributed by atoms with E-state index in [9.17, 15) is 0 Å². The Morgan fingerprint density at radius 3 is 2.09 bits per heavy atom. The first kappa shape index (κ1) is 11.5. The van der Waals surface area contributed by atoms with Gasteiger partial charge in [0.2, 0.25) is 0 Å². The van der Waals surface area contributed by atoms with Crippen LogP contribution in [0.15, 0.2) is 0 Å². The van der Waals surface area contributed by atoms with Crippen molar-refractivity contribution in [1.82, 2.24) is 0 Å². The van der Waals surface area contributed by atoms with Crippen LogP contribution < -0.4 is 0 Å². The van der Waals surface area contributed by atoms with Gasteiger partial charge in [-0.25, -0.2) is 0 Å². The summed E-state index contributed by atoms with van der Waals surface area (Å²) in [5.74, 6) is 0. The molecule has 0 nitrogen and oxygen atoms in total. The quantitative estimate of drug-likeness (QED) is 0.401. The van der Waals surface area contributed by atoms with Crippen molar-refractivity contribution in [1.29, 1.82) is 0 Å². The Hall–Kier alpha value is 0.532. The van der Waals surface area contributed by atoms with Crippen LogP contribution in [0, 0.1) is 0 Å². The molecule has 64 valence electrons. The molecule has 0 saturated carbocycles. The molecule has 0 aliphatic carbocycles. The standard InChI is InChI=1S/C10H21.Al/c1-3-5-7-9-10-8-6-4-2;/h3H,4-10H2,1-2H3;. The Morgan fingerprint density at radius 1 is 1.00 bits per heavy atom. The van der Waals surface area contributed by atoms with Gasteiger partial charge in [0.25, 0.3) is 0 Å². The van der Waals surface area contributed by atoms with Crippen LogP contribution in [-0.2, 0) is 0 Å². The van der Waals surface area contributed by atoms with Gasteiger partial charge in [0.15, 0.2) is 0 Å². The van der Waals surface area contributed by atoms with Gasteiger partial charge < -0.3 is 0 Å². The summed E-state index contributed by atoms with van der Waals surface area (Å²) in [6.45, 7) is 4.54. The first-order valence-electron chi connectivity index (χ1n) is 5.03. The van der Waals surface area contributed by atoms with Gasteiger partial charge in [-0.2, -0.15) is 0 Å². The lowest BCUT2D eigenvalue weighted by atomic mass is 10.1. The summed E-state index contributed by atoms with van der Waals surface area (Å²) in [5.41, 5.74) is 0. The van der Waals surface area contributed by atoms with Crippen molar-refractivity contribution in [3.63, 3.8) is 0 Å². The fourth-order valence-corrected chi connectivity index (χ4v) is 1.48. The minimum Gasteiger partial charge on any atom is -0.110 e. The van der Waals surface area contributed by atoms with E-state index < -0.39 is 0 Å². The van der Waals surface area contributed by atoms with E-state index in [2.05, 4.69) is 30.1 Å². The average molecular weight is 168 g/mol. The molecule has 1 heteroatoms. The number of hydrogen-bond donors (Lipinski definition) is 0. The minimum absolute atomic E-state index is 0.821. The summed E-state index contributed by atoms with van der Waals surface area (Å²) in [6.07, 6.45) is 9.94. The van der Waals surface area contributed by atoms with Gasteiger partial charge >= 0.3 is 0 Å². The van der Waals surface area contributed by atoms with Gasteiger partial charge in [0.05, 0.1) is 0 Å². The van der Waals surface area contributed by atoms with Crippen molar-refractivity contribution < 1.29 is 0 Å². The second-order valence-electron chi connectivity index (χ2n) is 3.53. The molecule has 0 saturated heterocycles. The maximum absolute atomic E-state index is 2.87. The van der Waals surface area contributed by atoms with E-state index in [4.69, 9.17) is 0 Å². The van der Waals surface area contributed by atoms with E-state index in [0.717, 1.165) is 4.78 Å². The molecule has 0 aliphatic heterocycles. The molecular formula is C10H21Al. The van der Waals surface area contributed by atoms with E-state index >= 15 is 0 Å². The van der Waals surface area contributed by atoms with Crippen LogP contribution in [0.25, 0.3) is 0 Å². The molecule has 2 radical (unpaired) electrons. The molecule has 0 bridgehead atoms. The average Bonchev–Trinajstić information content (AvgIpc) is 1.96. The third-order valence-corrected chi connectivity index (χ3v) is 2.35. The van der Waals surface area contributed by atoms with Gasteiger partial charge in [-0.15, -0.1) is 4.78 Å². The topological polar surface area (TPSA) is 0 Å². The molecule has 0 aliphatic rings. The van der Waals surface area contributed by atoms with Crippen LogP contribution in [0.4, 0.5) is 0 Å². The van der Waals surface area contributed by atoms with Crippen LogP contribution in [0.3, 0.4) is 0 Å². The predicted molar refractivity (Wildman–Crippen MR) is 53.2 cm³/mol. The lowest BCUT2D eigenvalue weighted by Gasteiger charge is -2.03. The van der Waals surface area contributed by atoms with Gasteiger partial charge in [-0.3, -0.25) is 0 Å². The molecule has 0 fully saturated rings. The highest BCUT2D eigenvalue weighted by molar-refractivity contribution is 6.11. The molecular weight excluding hydrogens is 147 g/mol. The molecule has 0 N–H and O–H groups in total. The second kappa shape index (κ2) is 8.63. The second-order valence-corrected chi connectivity index (χ2v) is 4.67. The minimum atomic E-state index is 0.821. The molecule has 1 atom stereocenters. The Morgan fingerprint density at radius 2 is 1.55 bits per heavy atom. The maximum atomic E-state index is 2.87. The zero-order valence-corrected chi connectivity index (χ0v) is 9.26. The Kier molecular flexibility index (Phi) is 9.05. The lowest BCUT2D eigenvalue weighted by molar-refractivity contribution is 0.585. The molecule has 0 aromatic heterocycles. The highest BCUT2D eigenvalue weighted by Gasteiger charge is 1.92. The third kappa shape index (κ3) is 10.5. The van der Waals surface area contributed by atoms with E-state index in [1.165, 1.54) is 44.9 Å². The largest absolute Gasteiger partial charge is 0.123 e. The molecule has 11 heavy (non-hydrogen) atoms. The third-order valence-electron chi connectivity index (χ3n) is 2.01. The summed E-state index contributed by atoms with van der Waals surface area (Å²) in [6, 6.07) is 0. The molecule has 1 unspecified atom stereocenters. The summed E-state index contributed by atoms with van der Waals surface area (Å²) in [4.78, 5) is 0. The zero-order chi connectivity index (χ0) is 8.53. The van der Waals surface area contributed by atoms with Crippen LogP contribution in [0.1, 0.15) is 58.8 Å². The predicted octanol–water partition coefficient (Wildman–Crippen LogP) is 3.71. The summed E-state index contributed by atoms with van der Waals surface area (Å²) < 4.78 is 0.821. The zero-order valence-electron chi connectivity index (χ0n) is 8.10. The Bertz CT molecular complexity index is 69.3. The van der Waals surface area contributed by atoms with Gasteiger partial charge in [0.1, 0.15) is 16.3 Å². The van der Waals surface area contributed by atoms with Gasteiger partial charge in [-0.1, -0.05) is 58.8 Å². The number of hydrogen-bond acceptors (Lipinski definition) is 0. The molecule has 0 rings (SSSR count). The van der Waals surface area contributed by atoms with E-state index in [1.54, 1.807) is 0 Å². The van der Waals surface area contributed by atoms with E-state index in [1.807, 2.05) is 0 Å². The van der Waals surface area contributed by atoms with E-state index in [0.29, 0.717) is 0 Å². The Labute approximate surface area is 80.2 Å². The smallest absolute Gasteiger partial charge is 0.110 e. The van der Waals surface area contributed by atoms with E-state index in [-0.39, 0.29) is 0 Å². The fraction of sp³-hybridized carbons (Fsp3) is 1.00. The first-order valence-corrected chi connectivity index (χ1v) is 5.69. The summed E-state index contributed by atoms with van der Waals surface area (Å²) in [5, 5.41) is 0. The molecule has 0 aromatic carbocycles. The summed E-state index contributed by atoms with van der Waals surface area (Å²) >= 11 is 2.87. The van der Waals surface area contributed by atoms with Crippen LogP contribution in [-0.4, -0.2) is 16.3 Å². The monoisotopic (exact) mass is 168 g/mol. The SMILES string of the molecule is CCCCCCCC[CH](C)[Al]. The number of unbranched alkanes of at least 4 members (excludes halogenated alkanes) is 5. The molecule has 0 aromatic rings. The van der Waals surface area contributed by atoms with Crippen molar-refractivity contribution >= 4 is 16.3 Å². The first-order chi connectivity index (χ1) is 5.27. The molecule has 0 spiro atoms. The maximum Gasteiger partial charge on any atom is 0.123 e. The molecule has 0 heterocycles. The van der Waals surface area contributed by atoms with Crippen molar-refractivity contribution in [3.8, 4) is 0 Å². The van der Waals surface area contributed by atoms with Crippen molar-refractivity contribution in [3.05, 3.63) is 0 Å². The van der Waals surface area contributed by atoms with Crippen LogP contribution in [0.5, 0.6) is 0 Å². The van der Waals surface area contributed by atoms with Crippen molar-refractivity contribution in [2.24, 2.45) is 0 Å². The van der Waals surface area contributed by atoms with Gasteiger partial charge in [0, 0.05) is 0 Å². The van der Waals surface area contributed by atoms with Crippen LogP contribution >= 0.6 is 0 Å². The van der Waals surface area contributed by atoms with Crippen molar-refractivity contribution in [2.45, 2.75) is 63.6 Å². The summed E-state index contributed by atoms with van der Waals surface area (Å²) in [7, 11) is 0. The van der Waals surface area contributed by atoms with Crippen molar-refractivity contribution in [2.75, 3.05) is 0 Å². The highest BCUT2D eigenvalue weighted by atomic mass is 27.0. The molecule has 0 amide bonds.